The van der Waals surface area contributed by atoms with Crippen LogP contribution in [0.1, 0.15) is 24.5 Å². The average Bonchev–Trinajstić information content (AvgIpc) is 2.56. The maximum Gasteiger partial charge on any atom is 0.313 e. The average molecular weight is 310 g/mol. The van der Waals surface area contributed by atoms with Crippen molar-refractivity contribution in [1.29, 1.82) is 0 Å². The van der Waals surface area contributed by atoms with Gasteiger partial charge in [-0.25, -0.2) is 0 Å². The monoisotopic (exact) mass is 310 g/mol. The van der Waals surface area contributed by atoms with Gasteiger partial charge in [0.25, 0.3) is 0 Å². The highest BCUT2D eigenvalue weighted by Crippen LogP contribution is 2.08. The second-order valence-electron chi connectivity index (χ2n) is 5.72. The number of aryl methyl sites for hydroxylation is 2. The van der Waals surface area contributed by atoms with Crippen molar-refractivity contribution in [3.63, 3.8) is 0 Å². The molecule has 0 radical (unpaired) electrons. The molecule has 120 valence electrons. The highest BCUT2D eigenvalue weighted by molar-refractivity contribution is 6.39. The fourth-order valence-corrected chi connectivity index (χ4v) is 2.21. The summed E-state index contributed by atoms with van der Waals surface area (Å²) in [7, 11) is 0. The van der Waals surface area contributed by atoms with Gasteiger partial charge in [0.2, 0.25) is 0 Å². The number of amides is 2. The first kappa shape index (κ1) is 16.7. The molecule has 0 saturated carbocycles. The molecule has 2 aromatic rings. The Morgan fingerprint density at radius 3 is 2.26 bits per heavy atom. The van der Waals surface area contributed by atoms with Crippen molar-refractivity contribution in [2.75, 3.05) is 5.32 Å². The van der Waals surface area contributed by atoms with Crippen LogP contribution in [-0.2, 0) is 16.0 Å². The van der Waals surface area contributed by atoms with E-state index in [4.69, 9.17) is 0 Å². The van der Waals surface area contributed by atoms with Crippen molar-refractivity contribution in [1.82, 2.24) is 5.32 Å². The van der Waals surface area contributed by atoms with Gasteiger partial charge in [0, 0.05) is 11.7 Å². The first-order valence-corrected chi connectivity index (χ1v) is 7.77. The highest BCUT2D eigenvalue weighted by atomic mass is 16.2. The second-order valence-corrected chi connectivity index (χ2v) is 5.72. The molecule has 0 spiro atoms. The summed E-state index contributed by atoms with van der Waals surface area (Å²) in [5.74, 6) is -1.24. The predicted octanol–water partition coefficient (Wildman–Crippen LogP) is 3.07. The van der Waals surface area contributed by atoms with E-state index in [2.05, 4.69) is 22.8 Å². The maximum absolute atomic E-state index is 11.9. The van der Waals surface area contributed by atoms with Crippen molar-refractivity contribution in [3.05, 3.63) is 65.7 Å². The fourth-order valence-electron chi connectivity index (χ4n) is 2.21. The Bertz CT molecular complexity index is 651. The molecule has 0 fully saturated rings. The van der Waals surface area contributed by atoms with Crippen LogP contribution in [0, 0.1) is 6.92 Å². The lowest BCUT2D eigenvalue weighted by molar-refractivity contribution is -0.136. The van der Waals surface area contributed by atoms with E-state index in [-0.39, 0.29) is 6.04 Å². The molecule has 2 aromatic carbocycles. The molecular formula is C19H22N2O2. The molecule has 2 amide bonds. The summed E-state index contributed by atoms with van der Waals surface area (Å²) in [4.78, 5) is 23.8. The molecule has 23 heavy (non-hydrogen) atoms. The number of carbonyl (C=O) groups excluding carboxylic acids is 2. The number of rotatable bonds is 5. The van der Waals surface area contributed by atoms with Crippen molar-refractivity contribution >= 4 is 17.5 Å². The molecule has 0 aromatic heterocycles. The van der Waals surface area contributed by atoms with Crippen LogP contribution in [0.3, 0.4) is 0 Å². The number of nitrogens with one attached hydrogen (secondary N) is 2. The van der Waals surface area contributed by atoms with Gasteiger partial charge in [-0.15, -0.1) is 0 Å². The normalized spacial score (nSPS) is 11.6. The standard InChI is InChI=1S/C19H22N2O2/c1-14-8-12-17(13-9-14)21-19(23)18(22)20-15(2)10-11-16-6-4-3-5-7-16/h3-9,12-13,15H,10-11H2,1-2H3,(H,20,22)(H,21,23)/t15-/m1/s1. The topological polar surface area (TPSA) is 58.2 Å². The van der Waals surface area contributed by atoms with Crippen molar-refractivity contribution in [2.24, 2.45) is 0 Å². The van der Waals surface area contributed by atoms with Crippen LogP contribution in [0.5, 0.6) is 0 Å². The molecule has 0 bridgehead atoms. The molecule has 1 atom stereocenters. The summed E-state index contributed by atoms with van der Waals surface area (Å²) < 4.78 is 0. The molecule has 0 heterocycles. The quantitative estimate of drug-likeness (QED) is 0.834. The summed E-state index contributed by atoms with van der Waals surface area (Å²) in [6.07, 6.45) is 1.65. The van der Waals surface area contributed by atoms with E-state index in [1.54, 1.807) is 12.1 Å². The SMILES string of the molecule is Cc1ccc(NC(=O)C(=O)N[C@H](C)CCc2ccccc2)cc1. The third kappa shape index (κ3) is 5.58. The molecule has 0 saturated heterocycles. The smallest absolute Gasteiger partial charge is 0.313 e. The van der Waals surface area contributed by atoms with Gasteiger partial charge in [0.1, 0.15) is 0 Å². The largest absolute Gasteiger partial charge is 0.345 e. The third-order valence-electron chi connectivity index (χ3n) is 3.60. The van der Waals surface area contributed by atoms with Crippen LogP contribution >= 0.6 is 0 Å². The van der Waals surface area contributed by atoms with E-state index < -0.39 is 11.8 Å². The molecule has 2 N–H and O–H groups in total. The first-order chi connectivity index (χ1) is 11.0. The number of hydrogen-bond donors (Lipinski definition) is 2. The first-order valence-electron chi connectivity index (χ1n) is 7.77. The van der Waals surface area contributed by atoms with Crippen LogP contribution in [-0.4, -0.2) is 17.9 Å². The number of benzene rings is 2. The van der Waals surface area contributed by atoms with Crippen LogP contribution in [0.25, 0.3) is 0 Å². The maximum atomic E-state index is 11.9. The summed E-state index contributed by atoms with van der Waals surface area (Å²) in [6, 6.07) is 17.3. The zero-order chi connectivity index (χ0) is 16.7. The van der Waals surface area contributed by atoms with E-state index in [0.717, 1.165) is 18.4 Å². The molecule has 2 rings (SSSR count). The summed E-state index contributed by atoms with van der Waals surface area (Å²) in [5, 5.41) is 5.33. The van der Waals surface area contributed by atoms with E-state index >= 15 is 0 Å². The zero-order valence-electron chi connectivity index (χ0n) is 13.5. The molecule has 4 heteroatoms. The van der Waals surface area contributed by atoms with Gasteiger partial charge in [-0.05, 0) is 44.4 Å². The lowest BCUT2D eigenvalue weighted by atomic mass is 10.1. The Kier molecular flexibility index (Phi) is 5.92. The number of carbonyl (C=O) groups is 2. The van der Waals surface area contributed by atoms with Gasteiger partial charge in [0.05, 0.1) is 0 Å². The second kappa shape index (κ2) is 8.13. The van der Waals surface area contributed by atoms with Crippen LogP contribution < -0.4 is 10.6 Å². The highest BCUT2D eigenvalue weighted by Gasteiger charge is 2.16. The van der Waals surface area contributed by atoms with Crippen LogP contribution in [0.15, 0.2) is 54.6 Å². The Balaban J connectivity index is 1.78. The third-order valence-corrected chi connectivity index (χ3v) is 3.60. The number of anilines is 1. The minimum atomic E-state index is -0.639. The van der Waals surface area contributed by atoms with Gasteiger partial charge < -0.3 is 10.6 Å². The Hall–Kier alpha value is -2.62. The molecule has 0 aliphatic carbocycles. The van der Waals surface area contributed by atoms with Crippen LogP contribution in [0.4, 0.5) is 5.69 Å². The van der Waals surface area contributed by atoms with Crippen molar-refractivity contribution in [2.45, 2.75) is 32.7 Å². The molecular weight excluding hydrogens is 288 g/mol. The minimum Gasteiger partial charge on any atom is -0.345 e. The molecule has 0 aliphatic heterocycles. The van der Waals surface area contributed by atoms with E-state index in [9.17, 15) is 9.59 Å². The summed E-state index contributed by atoms with van der Waals surface area (Å²) >= 11 is 0. The lowest BCUT2D eigenvalue weighted by Gasteiger charge is -2.13. The molecule has 4 nitrogen and oxygen atoms in total. The van der Waals surface area contributed by atoms with E-state index in [0.29, 0.717) is 5.69 Å². The minimum absolute atomic E-state index is 0.0635. The van der Waals surface area contributed by atoms with E-state index in [1.165, 1.54) is 5.56 Å². The van der Waals surface area contributed by atoms with Gasteiger partial charge in [-0.2, -0.15) is 0 Å². The lowest BCUT2D eigenvalue weighted by Crippen LogP contribution is -2.40. The van der Waals surface area contributed by atoms with Crippen molar-refractivity contribution in [3.8, 4) is 0 Å². The van der Waals surface area contributed by atoms with Crippen LogP contribution in [0.2, 0.25) is 0 Å². The van der Waals surface area contributed by atoms with Gasteiger partial charge in [-0.1, -0.05) is 48.0 Å². The Morgan fingerprint density at radius 1 is 0.957 bits per heavy atom. The molecule has 0 unspecified atom stereocenters. The summed E-state index contributed by atoms with van der Waals surface area (Å²) in [5.41, 5.74) is 2.94. The zero-order valence-corrected chi connectivity index (χ0v) is 13.5. The van der Waals surface area contributed by atoms with E-state index in [1.807, 2.05) is 44.2 Å². The van der Waals surface area contributed by atoms with Gasteiger partial charge in [0.15, 0.2) is 0 Å². The molecule has 0 aliphatic rings. The summed E-state index contributed by atoms with van der Waals surface area (Å²) in [6.45, 7) is 3.87. The Labute approximate surface area is 136 Å². The number of hydrogen-bond acceptors (Lipinski definition) is 2. The van der Waals surface area contributed by atoms with Gasteiger partial charge >= 0.3 is 11.8 Å². The fraction of sp³-hybridized carbons (Fsp3) is 0.263. The van der Waals surface area contributed by atoms with Gasteiger partial charge in [-0.3, -0.25) is 9.59 Å². The van der Waals surface area contributed by atoms with Crippen molar-refractivity contribution < 1.29 is 9.59 Å². The predicted molar refractivity (Wildman–Crippen MR) is 92.2 cm³/mol. The Morgan fingerprint density at radius 2 is 1.61 bits per heavy atom.